The number of aliphatic carboxylic acids is 3. The van der Waals surface area contributed by atoms with Crippen LogP contribution in [0.5, 0.6) is 0 Å². The van der Waals surface area contributed by atoms with Crippen molar-refractivity contribution in [2.24, 2.45) is 5.92 Å². The number of carbonyl (C=O) groups excluding carboxylic acids is 1. The van der Waals surface area contributed by atoms with Crippen LogP contribution in [-0.2, 0) is 86.4 Å². The second kappa shape index (κ2) is 46.0. The highest BCUT2D eigenvalue weighted by molar-refractivity contribution is 5.83. The number of nitrogens with zero attached hydrogens (tertiary/aromatic N) is 12. The molecule has 8 aliphatic heterocycles. The molecule has 27 heteroatoms. The predicted molar refractivity (Wildman–Crippen MR) is 528 cm³/mol. The van der Waals surface area contributed by atoms with Crippen molar-refractivity contribution >= 4 is 47.0 Å². The Morgan fingerprint density at radius 3 is 1.12 bits per heavy atom. The van der Waals surface area contributed by atoms with Crippen LogP contribution in [0, 0.1) is 5.92 Å². The van der Waals surface area contributed by atoms with Crippen molar-refractivity contribution < 1.29 is 52.8 Å². The summed E-state index contributed by atoms with van der Waals surface area (Å²) >= 11 is 0. The number of unbranched alkanes of at least 4 members (excludes halogenated alkanes) is 5. The first-order valence-corrected chi connectivity index (χ1v) is 52.4. The molecule has 137 heavy (non-hydrogen) atoms. The Bertz CT molecular complexity index is 5280. The van der Waals surface area contributed by atoms with Crippen LogP contribution in [0.3, 0.4) is 0 Å². The summed E-state index contributed by atoms with van der Waals surface area (Å²) in [6, 6.07) is 30.4. The van der Waals surface area contributed by atoms with Crippen LogP contribution in [0.1, 0.15) is 337 Å². The molecule has 7 N–H and O–H groups in total. The minimum absolute atomic E-state index is 0.0801. The summed E-state index contributed by atoms with van der Waals surface area (Å²) in [5.74, 6) is 4.27. The number of pyridine rings is 8. The molecule has 1 unspecified atom stereocenters. The number of carbonyl (C=O) groups is 4. The first-order valence-electron chi connectivity index (χ1n) is 52.4. The molecule has 5 aliphatic carbocycles. The number of ether oxygens (including phenoxy) is 2. The third kappa shape index (κ3) is 26.2. The fraction of sp³-hybridized carbons (Fsp3) is 0.600. The van der Waals surface area contributed by atoms with Crippen LogP contribution in [0.25, 0.3) is 0 Å². The van der Waals surface area contributed by atoms with E-state index in [2.05, 4.69) is 113 Å². The highest BCUT2D eigenvalue weighted by Crippen LogP contribution is 2.49. The summed E-state index contributed by atoms with van der Waals surface area (Å²) in [6.07, 6.45) is 43.1. The number of rotatable bonds is 41. The maximum Gasteiger partial charge on any atom is 0.325 e. The molecule has 4 saturated heterocycles. The SMILES string of the molecule is CC(=O)[C@@H](c1cccnc1C1CC1)N1CC[C@@H](OCCCCc2ccc3c(n2)NCCC3)C1.O=C(O)C(c1ccc(CC2CC2)nc1C1CC1)N1CC[C@@H](OCCCc2ccc3c(n2)NCCC3)C1.O=C(O)[C@@H](c1cccnc1C1CC1)N1CC[C@](F)(CCCCCc2ccc3c(n2)NCCC3)C1.O=C(O)[C@H](c1cccnc1C1CC1)N1CC[C@](F)(CCCCCc2ccc3c(n2)NCCC3)C1. The zero-order chi connectivity index (χ0) is 94.2. The van der Waals surface area contributed by atoms with Gasteiger partial charge in [0.1, 0.15) is 52.7 Å². The highest BCUT2D eigenvalue weighted by Gasteiger charge is 2.48. The number of halogens is 2. The molecule has 8 atom stereocenters. The molecule has 5 saturated carbocycles. The van der Waals surface area contributed by atoms with Crippen LogP contribution in [0.2, 0.25) is 0 Å². The lowest BCUT2D eigenvalue weighted by atomic mass is 9.96. The quantitative estimate of drug-likeness (QED) is 0.0175. The lowest BCUT2D eigenvalue weighted by molar-refractivity contribution is -0.144. The van der Waals surface area contributed by atoms with Gasteiger partial charge in [0.15, 0.2) is 5.78 Å². The summed E-state index contributed by atoms with van der Waals surface area (Å²) in [6.45, 7) is 11.6. The average molecular weight is 1870 g/mol. The number of Topliss-reactive ketones (excluding diaryl/α,β-unsaturated/α-hetero) is 1. The molecular formula is C110H144F2N16O9. The fourth-order valence-corrected chi connectivity index (χ4v) is 22.3. The van der Waals surface area contributed by atoms with E-state index in [1.54, 1.807) is 31.5 Å². The molecular weight excluding hydrogens is 1730 g/mol. The van der Waals surface area contributed by atoms with Gasteiger partial charge in [-0.2, -0.15) is 0 Å². The topological polar surface area (TPSA) is 312 Å². The first-order chi connectivity index (χ1) is 66.9. The van der Waals surface area contributed by atoms with E-state index < -0.39 is 47.4 Å². The second-order valence-electron chi connectivity index (χ2n) is 41.5. The van der Waals surface area contributed by atoms with Crippen LogP contribution < -0.4 is 21.3 Å². The molecule has 0 amide bonds. The van der Waals surface area contributed by atoms with E-state index in [9.17, 15) is 34.5 Å². The largest absolute Gasteiger partial charge is 0.480 e. The Labute approximate surface area is 807 Å². The Kier molecular flexibility index (Phi) is 32.7. The number of hydrogen-bond acceptors (Lipinski definition) is 22. The maximum absolute atomic E-state index is 15.6. The van der Waals surface area contributed by atoms with E-state index in [-0.39, 0.29) is 37.1 Å². The molecule has 25 nitrogen and oxygen atoms in total. The smallest absolute Gasteiger partial charge is 0.325 e. The zero-order valence-electron chi connectivity index (χ0n) is 80.5. The number of likely N-dealkylation sites (tertiary alicyclic amines) is 4. The number of nitrogens with one attached hydrogen (secondary N) is 4. The maximum atomic E-state index is 15.6. The molecule has 732 valence electrons. The normalized spacial score (nSPS) is 22.7. The summed E-state index contributed by atoms with van der Waals surface area (Å²) in [5, 5.41) is 43.8. The molecule has 0 spiro atoms. The minimum atomic E-state index is -1.32. The van der Waals surface area contributed by atoms with E-state index in [1.165, 1.54) is 66.5 Å². The van der Waals surface area contributed by atoms with Crippen molar-refractivity contribution in [2.45, 2.75) is 322 Å². The number of alkyl halides is 2. The number of ketones is 1. The van der Waals surface area contributed by atoms with Gasteiger partial charge in [0.05, 0.1) is 18.2 Å². The summed E-state index contributed by atoms with van der Waals surface area (Å²) in [5.41, 5.74) is 15.7. The van der Waals surface area contributed by atoms with Gasteiger partial charge in [-0.1, -0.05) is 74.2 Å². The Hall–Kier alpha value is -9.90. The predicted octanol–water partition coefficient (Wildman–Crippen LogP) is 19.1. The number of aromatic nitrogens is 8. The van der Waals surface area contributed by atoms with Gasteiger partial charge in [-0.25, -0.2) is 28.7 Å². The van der Waals surface area contributed by atoms with E-state index in [0.717, 1.165) is 329 Å². The van der Waals surface area contributed by atoms with Crippen LogP contribution in [0.15, 0.2) is 116 Å². The summed E-state index contributed by atoms with van der Waals surface area (Å²) < 4.78 is 43.7. The number of aryl methyl sites for hydroxylation is 8. The molecule has 0 aromatic carbocycles. The number of anilines is 4. The van der Waals surface area contributed by atoms with Crippen molar-refractivity contribution in [1.29, 1.82) is 0 Å². The van der Waals surface area contributed by atoms with Gasteiger partial charge in [-0.3, -0.25) is 58.7 Å². The van der Waals surface area contributed by atoms with E-state index in [1.807, 2.05) is 34.2 Å². The molecule has 8 aromatic heterocycles. The Morgan fingerprint density at radius 2 is 0.737 bits per heavy atom. The molecule has 8 aromatic rings. The van der Waals surface area contributed by atoms with Crippen LogP contribution in [0.4, 0.5) is 32.1 Å². The van der Waals surface area contributed by atoms with Crippen molar-refractivity contribution in [3.8, 4) is 0 Å². The molecule has 16 heterocycles. The second-order valence-corrected chi connectivity index (χ2v) is 41.5. The summed E-state index contributed by atoms with van der Waals surface area (Å²) in [4.78, 5) is 95.2. The third-order valence-electron chi connectivity index (χ3n) is 30.5. The molecule has 0 radical (unpaired) electrons. The van der Waals surface area contributed by atoms with Crippen molar-refractivity contribution in [1.82, 2.24) is 59.5 Å². The van der Waals surface area contributed by atoms with Crippen molar-refractivity contribution in [3.05, 3.63) is 211 Å². The van der Waals surface area contributed by atoms with E-state index >= 15 is 8.78 Å². The van der Waals surface area contributed by atoms with Gasteiger partial charge in [0, 0.05) is 202 Å². The van der Waals surface area contributed by atoms with Crippen molar-refractivity contribution in [2.75, 3.05) is 113 Å². The lowest BCUT2D eigenvalue weighted by Gasteiger charge is -2.27. The highest BCUT2D eigenvalue weighted by atomic mass is 19.1. The van der Waals surface area contributed by atoms with Gasteiger partial charge in [0.25, 0.3) is 0 Å². The van der Waals surface area contributed by atoms with Crippen LogP contribution in [-0.4, -0.2) is 214 Å². The fourth-order valence-electron chi connectivity index (χ4n) is 22.3. The van der Waals surface area contributed by atoms with Crippen molar-refractivity contribution in [3.63, 3.8) is 0 Å². The average Bonchev–Trinajstić information content (AvgIpc) is 1.66. The Balaban J connectivity index is 0.000000122. The molecule has 0 bridgehead atoms. The zero-order valence-corrected chi connectivity index (χ0v) is 80.5. The van der Waals surface area contributed by atoms with Gasteiger partial charge in [-0.15, -0.1) is 0 Å². The number of carboxylic acid groups (broad SMARTS) is 3. The number of hydrogen-bond donors (Lipinski definition) is 7. The third-order valence-corrected chi connectivity index (χ3v) is 30.5. The Morgan fingerprint density at radius 1 is 0.387 bits per heavy atom. The molecule has 21 rings (SSSR count). The first kappa shape index (κ1) is 97.3. The minimum Gasteiger partial charge on any atom is -0.480 e. The molecule has 13 aliphatic rings. The van der Waals surface area contributed by atoms with E-state index in [4.69, 9.17) is 34.4 Å². The molecule has 9 fully saturated rings. The van der Waals surface area contributed by atoms with Gasteiger partial charge in [-0.05, 0) is 307 Å². The standard InChI is InChI=1S/C29H38N4O3.2C27H35FN4O2.C27H36N4O2/c34-29(35)27(25-12-11-23(17-19-5-6-19)31-26(25)20-7-8-20)33-15-13-24(18-33)36-16-2-4-22-10-9-21-3-1-14-30-28(21)32-22;2*28-27(13-3-1-2-7-21-12-11-20-6-4-16-30-25(20)31-21)14-17-32(18-27)24(26(33)34)22-8-5-15-29-23(22)19-9-10-19;1-19(32)26(24-8-5-14-28-25(24)20-9-10-20)31-16-13-23(18-31)33-17-3-2-7-22-12-11-21-6-4-15-29-27(21)30-22/h9-12,19-20,24,27H,1-8,13-18H2,(H,30,32)(H,34,35);2*5,8,11-12,15,19,24H,1-4,6-7,9-10,13-14,16-18H2,(H,30,31)(H,33,34);5,8,11-12,14,20,23,26H,2-4,6-7,9-10,13,15-18H2,1H3,(H,29,30)/t24-,27?;24-,27+;24-,27-;23-,26+/m1011/s1. The number of carboxylic acids is 3. The van der Waals surface area contributed by atoms with Gasteiger partial charge >= 0.3 is 17.9 Å². The van der Waals surface area contributed by atoms with Gasteiger partial charge in [0.2, 0.25) is 0 Å². The van der Waals surface area contributed by atoms with Crippen LogP contribution >= 0.6 is 0 Å². The van der Waals surface area contributed by atoms with Gasteiger partial charge < -0.3 is 46.1 Å². The van der Waals surface area contributed by atoms with E-state index in [0.29, 0.717) is 75.6 Å². The number of fused-ring (bicyclic) bond motifs is 4. The summed E-state index contributed by atoms with van der Waals surface area (Å²) in [7, 11) is 0. The lowest BCUT2D eigenvalue weighted by Crippen LogP contribution is -2.36. The monoisotopic (exact) mass is 1870 g/mol.